The second kappa shape index (κ2) is 6.01. The topological polar surface area (TPSA) is 94.1 Å². The van der Waals surface area contributed by atoms with Crippen LogP contribution in [-0.2, 0) is 4.74 Å². The highest BCUT2D eigenvalue weighted by Gasteiger charge is 2.16. The van der Waals surface area contributed by atoms with E-state index in [4.69, 9.17) is 4.74 Å². The van der Waals surface area contributed by atoms with Gasteiger partial charge in [-0.05, 0) is 13.0 Å². The first kappa shape index (κ1) is 13.1. The third kappa shape index (κ3) is 3.32. The van der Waals surface area contributed by atoms with Gasteiger partial charge in [-0.2, -0.15) is 0 Å². The van der Waals surface area contributed by atoms with E-state index in [1.54, 1.807) is 13.0 Å². The SMILES string of the molecule is CCOC(=O)c1ncc(C(=O)Nc2ncccn2)s1. The Bertz CT molecular complexity index is 585. The summed E-state index contributed by atoms with van der Waals surface area (Å²) in [5, 5.41) is 2.64. The van der Waals surface area contributed by atoms with Crippen molar-refractivity contribution in [2.24, 2.45) is 0 Å². The number of rotatable bonds is 4. The van der Waals surface area contributed by atoms with Gasteiger partial charge < -0.3 is 4.74 Å². The highest BCUT2D eigenvalue weighted by molar-refractivity contribution is 7.15. The van der Waals surface area contributed by atoms with Gasteiger partial charge in [0.1, 0.15) is 4.88 Å². The van der Waals surface area contributed by atoms with Gasteiger partial charge in [-0.15, -0.1) is 11.3 Å². The molecule has 0 bridgehead atoms. The number of carbonyl (C=O) groups is 2. The molecule has 98 valence electrons. The van der Waals surface area contributed by atoms with Crippen LogP contribution in [-0.4, -0.2) is 33.4 Å². The lowest BCUT2D eigenvalue weighted by Gasteiger charge is -1.99. The quantitative estimate of drug-likeness (QED) is 0.849. The molecule has 0 aliphatic rings. The Morgan fingerprint density at radius 1 is 1.32 bits per heavy atom. The van der Waals surface area contributed by atoms with Gasteiger partial charge >= 0.3 is 5.97 Å². The molecule has 0 aromatic carbocycles. The molecule has 0 saturated heterocycles. The largest absolute Gasteiger partial charge is 0.461 e. The summed E-state index contributed by atoms with van der Waals surface area (Å²) in [5.41, 5.74) is 0. The highest BCUT2D eigenvalue weighted by atomic mass is 32.1. The summed E-state index contributed by atoms with van der Waals surface area (Å²) < 4.78 is 4.79. The molecule has 0 fully saturated rings. The summed E-state index contributed by atoms with van der Waals surface area (Å²) in [6.45, 7) is 1.96. The summed E-state index contributed by atoms with van der Waals surface area (Å²) in [5.74, 6) is -0.764. The second-order valence-electron chi connectivity index (χ2n) is 3.28. The fourth-order valence-corrected chi connectivity index (χ4v) is 1.90. The van der Waals surface area contributed by atoms with Crippen LogP contribution in [0.15, 0.2) is 24.7 Å². The molecule has 0 aliphatic heterocycles. The van der Waals surface area contributed by atoms with E-state index >= 15 is 0 Å². The van der Waals surface area contributed by atoms with Crippen molar-refractivity contribution in [3.63, 3.8) is 0 Å². The van der Waals surface area contributed by atoms with Crippen LogP contribution in [0, 0.1) is 0 Å². The lowest BCUT2D eigenvalue weighted by Crippen LogP contribution is -2.12. The van der Waals surface area contributed by atoms with Crippen LogP contribution in [0.4, 0.5) is 5.95 Å². The van der Waals surface area contributed by atoms with E-state index in [0.29, 0.717) is 0 Å². The van der Waals surface area contributed by atoms with Crippen molar-refractivity contribution in [2.45, 2.75) is 6.92 Å². The molecular weight excluding hydrogens is 268 g/mol. The third-order valence-electron chi connectivity index (χ3n) is 1.97. The maximum Gasteiger partial charge on any atom is 0.367 e. The molecule has 8 heteroatoms. The molecule has 0 unspecified atom stereocenters. The fourth-order valence-electron chi connectivity index (χ4n) is 1.19. The minimum Gasteiger partial charge on any atom is -0.461 e. The molecule has 0 saturated carbocycles. The van der Waals surface area contributed by atoms with Crippen molar-refractivity contribution in [3.05, 3.63) is 34.5 Å². The zero-order chi connectivity index (χ0) is 13.7. The number of hydrogen-bond acceptors (Lipinski definition) is 7. The first-order valence-corrected chi connectivity index (χ1v) is 6.23. The van der Waals surface area contributed by atoms with Crippen molar-refractivity contribution in [3.8, 4) is 0 Å². The number of ether oxygens (including phenoxy) is 1. The Morgan fingerprint density at radius 2 is 2.05 bits per heavy atom. The van der Waals surface area contributed by atoms with Gasteiger partial charge in [-0.3, -0.25) is 10.1 Å². The molecule has 0 spiro atoms. The van der Waals surface area contributed by atoms with Gasteiger partial charge in [0.2, 0.25) is 11.0 Å². The lowest BCUT2D eigenvalue weighted by molar-refractivity contribution is 0.0526. The number of aromatic nitrogens is 3. The van der Waals surface area contributed by atoms with Crippen molar-refractivity contribution < 1.29 is 14.3 Å². The normalized spacial score (nSPS) is 9.95. The molecular formula is C11H10N4O3S. The number of anilines is 1. The number of amides is 1. The summed E-state index contributed by atoms with van der Waals surface area (Å²) in [4.78, 5) is 35.1. The fraction of sp³-hybridized carbons (Fsp3) is 0.182. The van der Waals surface area contributed by atoms with E-state index in [2.05, 4.69) is 20.3 Å². The molecule has 0 radical (unpaired) electrons. The molecule has 2 rings (SSSR count). The summed E-state index contributed by atoms with van der Waals surface area (Å²) in [7, 11) is 0. The van der Waals surface area contributed by atoms with Crippen LogP contribution in [0.25, 0.3) is 0 Å². The molecule has 2 aromatic heterocycles. The third-order valence-corrected chi connectivity index (χ3v) is 2.95. The van der Waals surface area contributed by atoms with Crippen molar-refractivity contribution in [1.29, 1.82) is 0 Å². The van der Waals surface area contributed by atoms with Gasteiger partial charge in [0, 0.05) is 12.4 Å². The smallest absolute Gasteiger partial charge is 0.367 e. The minimum absolute atomic E-state index is 0.140. The standard InChI is InChI=1S/C11H10N4O3S/c1-2-18-10(17)9-14-6-7(19-9)8(16)15-11-12-4-3-5-13-11/h3-6H,2H2,1H3,(H,12,13,15,16). The number of hydrogen-bond donors (Lipinski definition) is 1. The lowest BCUT2D eigenvalue weighted by atomic mass is 10.5. The first-order valence-electron chi connectivity index (χ1n) is 5.42. The van der Waals surface area contributed by atoms with Crippen molar-refractivity contribution in [1.82, 2.24) is 15.0 Å². The number of nitrogens with one attached hydrogen (secondary N) is 1. The van der Waals surface area contributed by atoms with Crippen LogP contribution in [0.5, 0.6) is 0 Å². The Kier molecular flexibility index (Phi) is 4.14. The molecule has 19 heavy (non-hydrogen) atoms. The second-order valence-corrected chi connectivity index (χ2v) is 4.31. The Hall–Kier alpha value is -2.35. The predicted molar refractivity (Wildman–Crippen MR) is 68.1 cm³/mol. The zero-order valence-electron chi connectivity index (χ0n) is 9.99. The monoisotopic (exact) mass is 278 g/mol. The van der Waals surface area contributed by atoms with Gasteiger partial charge in [-0.25, -0.2) is 19.7 Å². The van der Waals surface area contributed by atoms with E-state index in [-0.39, 0.29) is 22.4 Å². The molecule has 2 heterocycles. The molecule has 7 nitrogen and oxygen atoms in total. The molecule has 1 amide bonds. The van der Waals surface area contributed by atoms with E-state index in [9.17, 15) is 9.59 Å². The molecule has 0 aliphatic carbocycles. The van der Waals surface area contributed by atoms with Gasteiger partial charge in [0.05, 0.1) is 12.8 Å². The Morgan fingerprint density at radius 3 is 2.74 bits per heavy atom. The summed E-state index contributed by atoms with van der Waals surface area (Å²) >= 11 is 0.955. The van der Waals surface area contributed by atoms with Gasteiger partial charge in [0.15, 0.2) is 0 Å². The maximum atomic E-state index is 11.8. The Balaban J connectivity index is 2.06. The Labute approximate surface area is 112 Å². The molecule has 1 N–H and O–H groups in total. The van der Waals surface area contributed by atoms with Gasteiger partial charge in [-0.1, -0.05) is 0 Å². The van der Waals surface area contributed by atoms with E-state index in [1.807, 2.05) is 0 Å². The van der Waals surface area contributed by atoms with Crippen molar-refractivity contribution in [2.75, 3.05) is 11.9 Å². The first-order chi connectivity index (χ1) is 9.20. The maximum absolute atomic E-state index is 11.8. The summed E-state index contributed by atoms with van der Waals surface area (Å²) in [6, 6.07) is 1.64. The molecule has 2 aromatic rings. The van der Waals surface area contributed by atoms with Crippen LogP contribution < -0.4 is 5.32 Å². The number of thiazole rings is 1. The number of nitrogens with zero attached hydrogens (tertiary/aromatic N) is 3. The van der Waals surface area contributed by atoms with E-state index < -0.39 is 11.9 Å². The van der Waals surface area contributed by atoms with Crippen LogP contribution in [0.1, 0.15) is 26.4 Å². The van der Waals surface area contributed by atoms with E-state index in [0.717, 1.165) is 11.3 Å². The highest BCUT2D eigenvalue weighted by Crippen LogP contribution is 2.15. The minimum atomic E-state index is -0.539. The zero-order valence-corrected chi connectivity index (χ0v) is 10.8. The summed E-state index contributed by atoms with van der Waals surface area (Å²) in [6.07, 6.45) is 4.34. The number of esters is 1. The number of carbonyl (C=O) groups excluding carboxylic acids is 2. The van der Waals surface area contributed by atoms with Crippen LogP contribution in [0.2, 0.25) is 0 Å². The van der Waals surface area contributed by atoms with Crippen LogP contribution in [0.3, 0.4) is 0 Å². The van der Waals surface area contributed by atoms with E-state index in [1.165, 1.54) is 18.6 Å². The molecule has 0 atom stereocenters. The average molecular weight is 278 g/mol. The predicted octanol–water partition coefficient (Wildman–Crippen LogP) is 1.36. The van der Waals surface area contributed by atoms with Crippen molar-refractivity contribution >= 4 is 29.2 Å². The van der Waals surface area contributed by atoms with Crippen LogP contribution >= 0.6 is 11.3 Å². The van der Waals surface area contributed by atoms with Gasteiger partial charge in [0.25, 0.3) is 5.91 Å². The average Bonchev–Trinajstić information content (AvgIpc) is 2.90.